The van der Waals surface area contributed by atoms with Gasteiger partial charge in [0.2, 0.25) is 0 Å². The molecular weight excluding hydrogens is 333 g/mol. The number of likely N-dealkylation sites (tertiary alicyclic amines) is 1. The molecule has 1 aliphatic rings. The number of phenolic OH excluding ortho intramolecular Hbond substituents is 1. The number of aromatic nitrogens is 2. The summed E-state index contributed by atoms with van der Waals surface area (Å²) < 4.78 is 19.9. The lowest BCUT2D eigenvalue weighted by Crippen LogP contribution is -2.35. The van der Waals surface area contributed by atoms with Crippen LogP contribution in [0.25, 0.3) is 11.0 Å². The number of imidazole rings is 1. The Balaban J connectivity index is 1.70. The molecule has 0 unspecified atom stereocenters. The average Bonchev–Trinajstić information content (AvgIpc) is 3.05. The fourth-order valence-corrected chi connectivity index (χ4v) is 3.43. The molecule has 1 aromatic heterocycles. The van der Waals surface area contributed by atoms with Crippen LogP contribution in [0.4, 0.5) is 4.39 Å². The summed E-state index contributed by atoms with van der Waals surface area (Å²) in [5.74, 6) is 0.411. The van der Waals surface area contributed by atoms with E-state index < -0.39 is 6.10 Å². The molecule has 3 aromatic rings. The van der Waals surface area contributed by atoms with Crippen LogP contribution in [-0.2, 0) is 4.74 Å². The Morgan fingerprint density at radius 3 is 2.77 bits per heavy atom. The van der Waals surface area contributed by atoms with E-state index in [-0.39, 0.29) is 17.7 Å². The van der Waals surface area contributed by atoms with Gasteiger partial charge in [-0.3, -0.25) is 0 Å². The summed E-state index contributed by atoms with van der Waals surface area (Å²) in [6, 6.07) is 11.6. The number of piperidine rings is 1. The maximum atomic E-state index is 13.5. The first kappa shape index (κ1) is 17.0. The molecule has 0 radical (unpaired) electrons. The number of halogens is 1. The van der Waals surface area contributed by atoms with Crippen LogP contribution in [0.3, 0.4) is 0 Å². The number of rotatable bonds is 4. The van der Waals surface area contributed by atoms with Gasteiger partial charge < -0.3 is 19.7 Å². The molecule has 4 rings (SSSR count). The number of H-pyrrole nitrogens is 1. The number of para-hydroxylation sites is 1. The van der Waals surface area contributed by atoms with E-state index in [0.29, 0.717) is 16.9 Å². The highest BCUT2D eigenvalue weighted by atomic mass is 19.1. The van der Waals surface area contributed by atoms with Crippen molar-refractivity contribution in [3.63, 3.8) is 0 Å². The third-order valence-electron chi connectivity index (χ3n) is 4.93. The van der Waals surface area contributed by atoms with Gasteiger partial charge in [-0.25, -0.2) is 9.37 Å². The summed E-state index contributed by atoms with van der Waals surface area (Å²) in [6.45, 7) is 1.95. The molecule has 1 fully saturated rings. The first-order valence-electron chi connectivity index (χ1n) is 8.87. The quantitative estimate of drug-likeness (QED) is 0.751. The van der Waals surface area contributed by atoms with Gasteiger partial charge in [-0.05, 0) is 38.1 Å². The highest BCUT2D eigenvalue weighted by molar-refractivity contribution is 5.75. The number of hydrogen-bond acceptors (Lipinski definition) is 4. The number of hydrogen-bond donors (Lipinski definition) is 2. The lowest BCUT2D eigenvalue weighted by atomic mass is 10.0. The molecule has 0 aliphatic carbocycles. The van der Waals surface area contributed by atoms with Crippen LogP contribution in [0.1, 0.15) is 30.3 Å². The highest BCUT2D eigenvalue weighted by Crippen LogP contribution is 2.34. The second-order valence-corrected chi connectivity index (χ2v) is 6.86. The van der Waals surface area contributed by atoms with E-state index in [1.807, 2.05) is 12.1 Å². The van der Waals surface area contributed by atoms with E-state index in [2.05, 4.69) is 21.9 Å². The van der Waals surface area contributed by atoms with E-state index in [1.165, 1.54) is 12.1 Å². The Bertz CT molecular complexity index is 903. The largest absolute Gasteiger partial charge is 0.508 e. The van der Waals surface area contributed by atoms with Crippen molar-refractivity contribution in [2.75, 3.05) is 20.1 Å². The van der Waals surface area contributed by atoms with Gasteiger partial charge in [0.1, 0.15) is 23.5 Å². The van der Waals surface area contributed by atoms with E-state index >= 15 is 0 Å². The average molecular weight is 355 g/mol. The Labute approximate surface area is 151 Å². The van der Waals surface area contributed by atoms with Crippen molar-refractivity contribution in [3.8, 4) is 5.75 Å². The van der Waals surface area contributed by atoms with Crippen molar-refractivity contribution in [2.45, 2.75) is 25.0 Å². The van der Waals surface area contributed by atoms with Crippen molar-refractivity contribution in [1.82, 2.24) is 14.9 Å². The zero-order chi connectivity index (χ0) is 18.1. The van der Waals surface area contributed by atoms with Crippen LogP contribution in [-0.4, -0.2) is 46.2 Å². The predicted molar refractivity (Wildman–Crippen MR) is 97.6 cm³/mol. The molecule has 0 saturated carbocycles. The molecule has 6 heteroatoms. The molecule has 1 atom stereocenters. The summed E-state index contributed by atoms with van der Waals surface area (Å²) in [5, 5.41) is 10.3. The first-order chi connectivity index (χ1) is 12.6. The molecule has 2 N–H and O–H groups in total. The number of phenols is 1. The maximum Gasteiger partial charge on any atom is 0.144 e. The standard InChI is InChI=1S/C20H22FN3O2/c1-24-10-8-14(9-11-24)26-19(15-4-2-3-5-18(15)25)20-22-16-7-6-13(21)12-17(16)23-20/h2-7,12,14,19,25H,8-11H2,1H3,(H,22,23)/t19-/m0/s1. The summed E-state index contributed by atoms with van der Waals surface area (Å²) in [4.78, 5) is 10.0. The van der Waals surface area contributed by atoms with Crippen LogP contribution in [0.2, 0.25) is 0 Å². The lowest BCUT2D eigenvalue weighted by molar-refractivity contribution is -0.0271. The Morgan fingerprint density at radius 1 is 1.23 bits per heavy atom. The van der Waals surface area contributed by atoms with Crippen LogP contribution < -0.4 is 0 Å². The topological polar surface area (TPSA) is 61.4 Å². The summed E-state index contributed by atoms with van der Waals surface area (Å²) >= 11 is 0. The maximum absolute atomic E-state index is 13.5. The van der Waals surface area contributed by atoms with Gasteiger partial charge in [0.25, 0.3) is 0 Å². The molecule has 26 heavy (non-hydrogen) atoms. The van der Waals surface area contributed by atoms with E-state index in [9.17, 15) is 9.50 Å². The molecule has 2 heterocycles. The van der Waals surface area contributed by atoms with E-state index in [4.69, 9.17) is 4.74 Å². The lowest BCUT2D eigenvalue weighted by Gasteiger charge is -2.31. The van der Waals surface area contributed by atoms with Gasteiger partial charge in [0.15, 0.2) is 0 Å². The number of fused-ring (bicyclic) bond motifs is 1. The SMILES string of the molecule is CN1CCC(O[C@H](c2nc3cc(F)ccc3[nH]2)c2ccccc2O)CC1. The van der Waals surface area contributed by atoms with E-state index in [1.54, 1.807) is 18.2 Å². The van der Waals surface area contributed by atoms with Crippen molar-refractivity contribution in [1.29, 1.82) is 0 Å². The predicted octanol–water partition coefficient (Wildman–Crippen LogP) is 3.61. The smallest absolute Gasteiger partial charge is 0.144 e. The summed E-state index contributed by atoms with van der Waals surface area (Å²) in [5.41, 5.74) is 1.95. The van der Waals surface area contributed by atoms with Gasteiger partial charge in [-0.2, -0.15) is 0 Å². The monoisotopic (exact) mass is 355 g/mol. The van der Waals surface area contributed by atoms with Crippen LogP contribution >= 0.6 is 0 Å². The van der Waals surface area contributed by atoms with Crippen molar-refractivity contribution in [3.05, 3.63) is 59.7 Å². The van der Waals surface area contributed by atoms with Crippen molar-refractivity contribution in [2.24, 2.45) is 0 Å². The molecular formula is C20H22FN3O2. The third kappa shape index (κ3) is 3.43. The number of aromatic amines is 1. The number of nitrogens with one attached hydrogen (secondary N) is 1. The van der Waals surface area contributed by atoms with Crippen LogP contribution in [0, 0.1) is 5.82 Å². The fourth-order valence-electron chi connectivity index (χ4n) is 3.43. The fraction of sp³-hybridized carbons (Fsp3) is 0.350. The first-order valence-corrected chi connectivity index (χ1v) is 8.87. The number of aromatic hydroxyl groups is 1. The molecule has 1 aliphatic heterocycles. The second kappa shape index (κ2) is 7.05. The Hall–Kier alpha value is -2.44. The van der Waals surface area contributed by atoms with Crippen molar-refractivity contribution < 1.29 is 14.2 Å². The molecule has 1 saturated heterocycles. The Morgan fingerprint density at radius 2 is 2.00 bits per heavy atom. The number of ether oxygens (including phenoxy) is 1. The van der Waals surface area contributed by atoms with E-state index in [0.717, 1.165) is 31.4 Å². The van der Waals surface area contributed by atoms with Crippen LogP contribution in [0.5, 0.6) is 5.75 Å². The highest BCUT2D eigenvalue weighted by Gasteiger charge is 2.27. The summed E-state index contributed by atoms with van der Waals surface area (Å²) in [6.07, 6.45) is 1.41. The van der Waals surface area contributed by atoms with Gasteiger partial charge in [-0.15, -0.1) is 0 Å². The van der Waals surface area contributed by atoms with Crippen LogP contribution in [0.15, 0.2) is 42.5 Å². The minimum absolute atomic E-state index is 0.0840. The van der Waals surface area contributed by atoms with Crippen molar-refractivity contribution >= 4 is 11.0 Å². The number of nitrogens with zero attached hydrogens (tertiary/aromatic N) is 2. The second-order valence-electron chi connectivity index (χ2n) is 6.86. The minimum atomic E-state index is -0.528. The molecule has 2 aromatic carbocycles. The zero-order valence-electron chi connectivity index (χ0n) is 14.7. The van der Waals surface area contributed by atoms with Gasteiger partial charge >= 0.3 is 0 Å². The minimum Gasteiger partial charge on any atom is -0.508 e. The normalized spacial score (nSPS) is 17.6. The summed E-state index contributed by atoms with van der Waals surface area (Å²) in [7, 11) is 2.10. The molecule has 136 valence electrons. The van der Waals surface area contributed by atoms with Gasteiger partial charge in [-0.1, -0.05) is 18.2 Å². The zero-order valence-corrected chi connectivity index (χ0v) is 14.7. The molecule has 0 spiro atoms. The van der Waals surface area contributed by atoms with Gasteiger partial charge in [0, 0.05) is 24.7 Å². The molecule has 0 amide bonds. The Kier molecular flexibility index (Phi) is 4.61. The third-order valence-corrected chi connectivity index (χ3v) is 4.93. The molecule has 0 bridgehead atoms. The number of benzene rings is 2. The van der Waals surface area contributed by atoms with Gasteiger partial charge in [0.05, 0.1) is 17.1 Å². The molecule has 5 nitrogen and oxygen atoms in total.